The molecule has 0 aliphatic heterocycles. The van der Waals surface area contributed by atoms with E-state index in [0.717, 1.165) is 0 Å². The zero-order chi connectivity index (χ0) is 21.4. The molecule has 0 aliphatic rings. The summed E-state index contributed by atoms with van der Waals surface area (Å²) in [6.45, 7) is 6.63. The van der Waals surface area contributed by atoms with E-state index in [-0.39, 0.29) is 21.2 Å². The molecule has 7 nitrogen and oxygen atoms in total. The van der Waals surface area contributed by atoms with Gasteiger partial charge in [-0.3, -0.25) is 20.4 Å². The van der Waals surface area contributed by atoms with Crippen LogP contribution in [0, 0.1) is 0 Å². The van der Waals surface area contributed by atoms with Crippen LogP contribution < -0.4 is 25.1 Å². The molecule has 0 saturated heterocycles. The molecule has 2 N–H and O–H groups in total. The molecule has 0 spiro atoms. The molecular formula is C20H22Cl2N2O5. The van der Waals surface area contributed by atoms with E-state index in [1.54, 1.807) is 12.1 Å². The maximum atomic E-state index is 12.6. The van der Waals surface area contributed by atoms with Gasteiger partial charge in [-0.05, 0) is 45.0 Å². The van der Waals surface area contributed by atoms with Crippen molar-refractivity contribution in [3.05, 3.63) is 51.5 Å². The summed E-state index contributed by atoms with van der Waals surface area (Å²) >= 11 is 11.9. The van der Waals surface area contributed by atoms with Crippen LogP contribution in [0.25, 0.3) is 0 Å². The van der Waals surface area contributed by atoms with E-state index < -0.39 is 11.8 Å². The Morgan fingerprint density at radius 1 is 0.862 bits per heavy atom. The maximum absolute atomic E-state index is 12.6. The summed E-state index contributed by atoms with van der Waals surface area (Å²) in [4.78, 5) is 24.9. The summed E-state index contributed by atoms with van der Waals surface area (Å²) in [6, 6.07) is 7.67. The summed E-state index contributed by atoms with van der Waals surface area (Å²) in [5.41, 5.74) is 5.01. The van der Waals surface area contributed by atoms with Crippen LogP contribution in [0.3, 0.4) is 0 Å². The minimum atomic E-state index is -0.605. The van der Waals surface area contributed by atoms with Crippen molar-refractivity contribution < 1.29 is 23.8 Å². The second kappa shape index (κ2) is 10.8. The number of carbonyl (C=O) groups is 2. The highest BCUT2D eigenvalue weighted by atomic mass is 35.5. The number of ether oxygens (including phenoxy) is 3. The topological polar surface area (TPSA) is 85.9 Å². The van der Waals surface area contributed by atoms with Crippen LogP contribution in [-0.4, -0.2) is 31.6 Å². The van der Waals surface area contributed by atoms with Gasteiger partial charge in [0.1, 0.15) is 0 Å². The Morgan fingerprint density at radius 3 is 1.97 bits per heavy atom. The largest absolute Gasteiger partial charge is 0.490 e. The number of rotatable bonds is 8. The molecule has 156 valence electrons. The van der Waals surface area contributed by atoms with Crippen LogP contribution >= 0.6 is 23.2 Å². The summed E-state index contributed by atoms with van der Waals surface area (Å²) in [5, 5.41) is 0.333. The van der Waals surface area contributed by atoms with Crippen LogP contribution in [-0.2, 0) is 0 Å². The minimum Gasteiger partial charge on any atom is -0.490 e. The van der Waals surface area contributed by atoms with Gasteiger partial charge >= 0.3 is 0 Å². The quantitative estimate of drug-likeness (QED) is 0.598. The van der Waals surface area contributed by atoms with Crippen molar-refractivity contribution >= 4 is 35.0 Å². The second-order valence-electron chi connectivity index (χ2n) is 5.61. The van der Waals surface area contributed by atoms with Gasteiger partial charge in [-0.1, -0.05) is 29.3 Å². The summed E-state index contributed by atoms with van der Waals surface area (Å²) in [5.74, 6) is -0.0138. The smallest absolute Gasteiger partial charge is 0.271 e. The lowest BCUT2D eigenvalue weighted by Crippen LogP contribution is -2.41. The average Bonchev–Trinajstić information content (AvgIpc) is 2.70. The molecule has 2 amide bonds. The van der Waals surface area contributed by atoms with Gasteiger partial charge < -0.3 is 14.2 Å². The van der Waals surface area contributed by atoms with Crippen molar-refractivity contribution in [3.8, 4) is 17.2 Å². The van der Waals surface area contributed by atoms with Crippen LogP contribution in [0.2, 0.25) is 10.0 Å². The number of hydrazine groups is 1. The normalized spacial score (nSPS) is 10.2. The molecule has 29 heavy (non-hydrogen) atoms. The first-order valence-electron chi connectivity index (χ1n) is 9.03. The lowest BCUT2D eigenvalue weighted by Gasteiger charge is -2.17. The molecule has 0 radical (unpaired) electrons. The van der Waals surface area contributed by atoms with Crippen molar-refractivity contribution in [2.45, 2.75) is 20.8 Å². The van der Waals surface area contributed by atoms with Crippen molar-refractivity contribution in [1.29, 1.82) is 0 Å². The second-order valence-corrected chi connectivity index (χ2v) is 6.40. The van der Waals surface area contributed by atoms with Gasteiger partial charge in [0.05, 0.1) is 35.4 Å². The molecule has 0 atom stereocenters. The molecular weight excluding hydrogens is 419 g/mol. The number of amides is 2. The third kappa shape index (κ3) is 5.68. The predicted octanol–water partition coefficient (Wildman–Crippen LogP) is 4.26. The number of benzene rings is 2. The zero-order valence-electron chi connectivity index (χ0n) is 16.3. The van der Waals surface area contributed by atoms with Gasteiger partial charge in [0.15, 0.2) is 11.5 Å². The highest BCUT2D eigenvalue weighted by Crippen LogP contribution is 2.39. The summed E-state index contributed by atoms with van der Waals surface area (Å²) in [6.07, 6.45) is 0. The van der Waals surface area contributed by atoms with Crippen molar-refractivity contribution in [3.63, 3.8) is 0 Å². The van der Waals surface area contributed by atoms with E-state index in [4.69, 9.17) is 37.4 Å². The Labute approximate surface area is 179 Å². The first kappa shape index (κ1) is 22.6. The first-order chi connectivity index (χ1) is 13.9. The number of hydrogen-bond donors (Lipinski definition) is 2. The number of carbonyl (C=O) groups excluding carboxylic acids is 2. The SMILES string of the molecule is CCOc1cc(C(=O)NNC(=O)c2cccc(Cl)c2Cl)cc(OCC)c1OCC. The third-order valence-electron chi connectivity index (χ3n) is 3.66. The van der Waals surface area contributed by atoms with Gasteiger partial charge in [0, 0.05) is 5.56 Å². The third-order valence-corrected chi connectivity index (χ3v) is 4.48. The standard InChI is InChI=1S/C20H22Cl2N2O5/c1-4-27-15-10-12(11-16(28-5-2)18(15)29-6-3)19(25)23-24-20(26)13-8-7-9-14(21)17(13)22/h7-11H,4-6H2,1-3H3,(H,23,25)(H,24,26). The Kier molecular flexibility index (Phi) is 8.42. The van der Waals surface area contributed by atoms with E-state index in [1.807, 2.05) is 20.8 Å². The van der Waals surface area contributed by atoms with Gasteiger partial charge in [-0.25, -0.2) is 0 Å². The lowest BCUT2D eigenvalue weighted by atomic mass is 10.1. The molecule has 9 heteroatoms. The highest BCUT2D eigenvalue weighted by molar-refractivity contribution is 6.43. The van der Waals surface area contributed by atoms with Crippen LogP contribution in [0.4, 0.5) is 0 Å². The molecule has 0 fully saturated rings. The monoisotopic (exact) mass is 440 g/mol. The molecule has 0 aliphatic carbocycles. The highest BCUT2D eigenvalue weighted by Gasteiger charge is 2.19. The van der Waals surface area contributed by atoms with Crippen LogP contribution in [0.1, 0.15) is 41.5 Å². The number of halogens is 2. The van der Waals surface area contributed by atoms with E-state index in [0.29, 0.717) is 37.1 Å². The Morgan fingerprint density at radius 2 is 1.41 bits per heavy atom. The van der Waals surface area contributed by atoms with E-state index in [2.05, 4.69) is 10.9 Å². The van der Waals surface area contributed by atoms with Gasteiger partial charge in [0.2, 0.25) is 5.75 Å². The first-order valence-corrected chi connectivity index (χ1v) is 9.79. The number of hydrogen-bond acceptors (Lipinski definition) is 5. The molecule has 2 rings (SSSR count). The Balaban J connectivity index is 2.23. The fourth-order valence-electron chi connectivity index (χ4n) is 2.45. The van der Waals surface area contributed by atoms with Crippen LogP contribution in [0.5, 0.6) is 17.2 Å². The molecule has 2 aromatic carbocycles. The van der Waals surface area contributed by atoms with Gasteiger partial charge in [-0.2, -0.15) is 0 Å². The fraction of sp³-hybridized carbons (Fsp3) is 0.300. The van der Waals surface area contributed by atoms with Crippen LogP contribution in [0.15, 0.2) is 30.3 Å². The Hall–Kier alpha value is -2.64. The summed E-state index contributed by atoms with van der Waals surface area (Å²) < 4.78 is 16.8. The van der Waals surface area contributed by atoms with Gasteiger partial charge in [-0.15, -0.1) is 0 Å². The average molecular weight is 441 g/mol. The maximum Gasteiger partial charge on any atom is 0.271 e. The molecule has 0 saturated carbocycles. The Bertz CT molecular complexity index is 862. The zero-order valence-corrected chi connectivity index (χ0v) is 17.8. The number of nitrogens with one attached hydrogen (secondary N) is 2. The van der Waals surface area contributed by atoms with E-state index in [1.165, 1.54) is 18.2 Å². The van der Waals surface area contributed by atoms with Crippen molar-refractivity contribution in [2.75, 3.05) is 19.8 Å². The molecule has 0 unspecified atom stereocenters. The fourth-order valence-corrected chi connectivity index (χ4v) is 2.84. The van der Waals surface area contributed by atoms with E-state index >= 15 is 0 Å². The minimum absolute atomic E-state index is 0.0965. The molecule has 0 aromatic heterocycles. The van der Waals surface area contributed by atoms with Gasteiger partial charge in [0.25, 0.3) is 11.8 Å². The molecule has 0 heterocycles. The van der Waals surface area contributed by atoms with Crippen molar-refractivity contribution in [2.24, 2.45) is 0 Å². The summed E-state index contributed by atoms with van der Waals surface area (Å²) in [7, 11) is 0. The van der Waals surface area contributed by atoms with E-state index in [9.17, 15) is 9.59 Å². The predicted molar refractivity (Wildman–Crippen MR) is 111 cm³/mol. The molecule has 2 aromatic rings. The lowest BCUT2D eigenvalue weighted by molar-refractivity contribution is 0.0846. The molecule has 0 bridgehead atoms. The van der Waals surface area contributed by atoms with Crippen molar-refractivity contribution in [1.82, 2.24) is 10.9 Å².